The molecule has 0 aliphatic carbocycles. The number of nitrogens with one attached hydrogen (secondary N) is 2. The third-order valence-corrected chi connectivity index (χ3v) is 5.63. The predicted molar refractivity (Wildman–Crippen MR) is 117 cm³/mol. The summed E-state index contributed by atoms with van der Waals surface area (Å²) in [6, 6.07) is 0.565. The molecule has 0 aromatic heterocycles. The van der Waals surface area contributed by atoms with Crippen molar-refractivity contribution in [1.82, 2.24) is 20.4 Å². The number of rotatable bonds is 8. The second kappa shape index (κ2) is 11.9. The molecule has 0 aromatic rings. The van der Waals surface area contributed by atoms with Crippen molar-refractivity contribution >= 4 is 5.96 Å². The number of likely N-dealkylation sites (tertiary alicyclic amines) is 2. The largest absolute Gasteiger partial charge is 0.357 e. The van der Waals surface area contributed by atoms with E-state index in [-0.39, 0.29) is 0 Å². The lowest BCUT2D eigenvalue weighted by Gasteiger charge is -2.34. The third kappa shape index (κ3) is 8.82. The van der Waals surface area contributed by atoms with Crippen LogP contribution >= 0.6 is 0 Å². The zero-order valence-electron chi connectivity index (χ0n) is 18.6. The zero-order valence-corrected chi connectivity index (χ0v) is 18.6. The van der Waals surface area contributed by atoms with Crippen molar-refractivity contribution < 1.29 is 0 Å². The van der Waals surface area contributed by atoms with Crippen LogP contribution in [-0.2, 0) is 0 Å². The minimum absolute atomic E-state index is 0.565. The van der Waals surface area contributed by atoms with E-state index in [1.54, 1.807) is 0 Å². The number of piperidine rings is 2. The Morgan fingerprint density at radius 3 is 2.26 bits per heavy atom. The van der Waals surface area contributed by atoms with Gasteiger partial charge in [-0.2, -0.15) is 0 Å². The van der Waals surface area contributed by atoms with Crippen molar-refractivity contribution in [1.29, 1.82) is 0 Å². The minimum atomic E-state index is 0.565. The third-order valence-electron chi connectivity index (χ3n) is 5.63. The van der Waals surface area contributed by atoms with Crippen molar-refractivity contribution in [3.63, 3.8) is 0 Å². The lowest BCUT2D eigenvalue weighted by Crippen LogP contribution is -2.49. The van der Waals surface area contributed by atoms with Crippen LogP contribution in [0.5, 0.6) is 0 Å². The van der Waals surface area contributed by atoms with Gasteiger partial charge < -0.3 is 20.4 Å². The fourth-order valence-electron chi connectivity index (χ4n) is 4.49. The average Bonchev–Trinajstić information content (AvgIpc) is 2.61. The molecule has 0 spiro atoms. The molecule has 0 radical (unpaired) electrons. The van der Waals surface area contributed by atoms with Gasteiger partial charge in [0.1, 0.15) is 0 Å². The highest BCUT2D eigenvalue weighted by Crippen LogP contribution is 2.18. The summed E-state index contributed by atoms with van der Waals surface area (Å²) in [6.45, 7) is 20.7. The lowest BCUT2D eigenvalue weighted by atomic mass is 9.97. The first-order valence-corrected chi connectivity index (χ1v) is 11.5. The number of hydrogen-bond acceptors (Lipinski definition) is 3. The number of aliphatic imine (C=N–C) groups is 1. The van der Waals surface area contributed by atoms with E-state index in [1.807, 2.05) is 0 Å². The maximum atomic E-state index is 4.97. The van der Waals surface area contributed by atoms with Crippen LogP contribution in [0.15, 0.2) is 4.99 Å². The molecule has 27 heavy (non-hydrogen) atoms. The SMILES string of the molecule is CCNC(=NCC1CCCN(CC(C)C)C1)NC1CCN(CC(C)C)CC1. The first-order chi connectivity index (χ1) is 13.0. The second-order valence-corrected chi connectivity index (χ2v) is 9.49. The van der Waals surface area contributed by atoms with Crippen molar-refractivity contribution in [2.45, 2.75) is 66.3 Å². The van der Waals surface area contributed by atoms with E-state index in [9.17, 15) is 0 Å². The molecule has 2 fully saturated rings. The Hall–Kier alpha value is -0.810. The first kappa shape index (κ1) is 22.5. The van der Waals surface area contributed by atoms with Gasteiger partial charge in [-0.15, -0.1) is 0 Å². The number of hydrogen-bond donors (Lipinski definition) is 2. The van der Waals surface area contributed by atoms with Gasteiger partial charge >= 0.3 is 0 Å². The van der Waals surface area contributed by atoms with Crippen LogP contribution in [0.25, 0.3) is 0 Å². The van der Waals surface area contributed by atoms with Crippen LogP contribution in [0, 0.1) is 17.8 Å². The van der Waals surface area contributed by atoms with Gasteiger partial charge in [-0.1, -0.05) is 27.7 Å². The van der Waals surface area contributed by atoms with Crippen LogP contribution in [-0.4, -0.2) is 74.2 Å². The van der Waals surface area contributed by atoms with E-state index in [1.165, 1.54) is 65.0 Å². The normalized spacial score (nSPS) is 24.0. The smallest absolute Gasteiger partial charge is 0.191 e. The molecule has 0 aromatic carbocycles. The topological polar surface area (TPSA) is 42.9 Å². The molecule has 2 saturated heterocycles. The molecular formula is C22H45N5. The van der Waals surface area contributed by atoms with E-state index >= 15 is 0 Å². The summed E-state index contributed by atoms with van der Waals surface area (Å²) >= 11 is 0. The second-order valence-electron chi connectivity index (χ2n) is 9.49. The Kier molecular flexibility index (Phi) is 9.91. The van der Waals surface area contributed by atoms with Gasteiger partial charge in [0, 0.05) is 51.9 Å². The van der Waals surface area contributed by atoms with E-state index in [0.29, 0.717) is 12.0 Å². The standard InChI is InChI=1S/C22H45N5/c1-6-23-22(25-21-9-12-26(13-10-21)15-18(2)3)24-14-20-8-7-11-27(17-20)16-19(4)5/h18-21H,6-17H2,1-5H3,(H2,23,24,25). The van der Waals surface area contributed by atoms with Crippen LogP contribution in [0.4, 0.5) is 0 Å². The van der Waals surface area contributed by atoms with Crippen molar-refractivity contribution in [2.24, 2.45) is 22.7 Å². The van der Waals surface area contributed by atoms with Gasteiger partial charge in [0.15, 0.2) is 5.96 Å². The Balaban J connectivity index is 1.78. The van der Waals surface area contributed by atoms with Gasteiger partial charge in [0.2, 0.25) is 0 Å². The fraction of sp³-hybridized carbons (Fsp3) is 0.955. The highest BCUT2D eigenvalue weighted by molar-refractivity contribution is 5.80. The molecule has 1 unspecified atom stereocenters. The average molecular weight is 380 g/mol. The molecule has 2 N–H and O–H groups in total. The van der Waals surface area contributed by atoms with Crippen LogP contribution in [0.1, 0.15) is 60.3 Å². The highest BCUT2D eigenvalue weighted by atomic mass is 15.2. The van der Waals surface area contributed by atoms with Crippen LogP contribution in [0.2, 0.25) is 0 Å². The molecular weight excluding hydrogens is 334 g/mol. The Morgan fingerprint density at radius 1 is 0.963 bits per heavy atom. The van der Waals surface area contributed by atoms with E-state index in [2.05, 4.69) is 55.1 Å². The summed E-state index contributed by atoms with van der Waals surface area (Å²) in [5.74, 6) is 3.26. The monoisotopic (exact) mass is 379 g/mol. The molecule has 0 bridgehead atoms. The molecule has 5 heteroatoms. The molecule has 5 nitrogen and oxygen atoms in total. The van der Waals surface area contributed by atoms with Gasteiger partial charge in [0.25, 0.3) is 0 Å². The van der Waals surface area contributed by atoms with Crippen molar-refractivity contribution in [3.05, 3.63) is 0 Å². The quantitative estimate of drug-likeness (QED) is 0.502. The summed E-state index contributed by atoms with van der Waals surface area (Å²) in [7, 11) is 0. The van der Waals surface area contributed by atoms with Crippen LogP contribution in [0.3, 0.4) is 0 Å². The Morgan fingerprint density at radius 2 is 1.63 bits per heavy atom. The molecule has 2 aliphatic heterocycles. The fourth-order valence-corrected chi connectivity index (χ4v) is 4.49. The van der Waals surface area contributed by atoms with Crippen LogP contribution < -0.4 is 10.6 Å². The van der Waals surface area contributed by atoms with E-state index < -0.39 is 0 Å². The molecule has 2 rings (SSSR count). The van der Waals surface area contributed by atoms with Gasteiger partial charge in [0.05, 0.1) is 0 Å². The molecule has 2 aliphatic rings. The summed E-state index contributed by atoms with van der Waals surface area (Å²) in [4.78, 5) is 10.2. The maximum absolute atomic E-state index is 4.97. The van der Waals surface area contributed by atoms with Crippen molar-refractivity contribution in [3.8, 4) is 0 Å². The number of nitrogens with zero attached hydrogens (tertiary/aromatic N) is 3. The molecule has 0 amide bonds. The van der Waals surface area contributed by atoms with E-state index in [4.69, 9.17) is 4.99 Å². The Labute approximate surface area is 168 Å². The summed E-state index contributed by atoms with van der Waals surface area (Å²) in [6.07, 6.45) is 5.10. The van der Waals surface area contributed by atoms with Crippen molar-refractivity contribution in [2.75, 3.05) is 52.4 Å². The number of guanidine groups is 1. The lowest BCUT2D eigenvalue weighted by molar-refractivity contribution is 0.162. The summed E-state index contributed by atoms with van der Waals surface area (Å²) < 4.78 is 0. The highest BCUT2D eigenvalue weighted by Gasteiger charge is 2.22. The van der Waals surface area contributed by atoms with Gasteiger partial charge in [-0.25, -0.2) is 0 Å². The molecule has 158 valence electrons. The predicted octanol–water partition coefficient (Wildman–Crippen LogP) is 3.03. The zero-order chi connectivity index (χ0) is 19.6. The summed E-state index contributed by atoms with van der Waals surface area (Å²) in [5.41, 5.74) is 0. The Bertz CT molecular complexity index is 426. The summed E-state index contributed by atoms with van der Waals surface area (Å²) in [5, 5.41) is 7.18. The molecule has 0 saturated carbocycles. The first-order valence-electron chi connectivity index (χ1n) is 11.5. The minimum Gasteiger partial charge on any atom is -0.357 e. The maximum Gasteiger partial charge on any atom is 0.191 e. The molecule has 2 heterocycles. The molecule has 1 atom stereocenters. The van der Waals surface area contributed by atoms with E-state index in [0.717, 1.165) is 30.9 Å². The van der Waals surface area contributed by atoms with Gasteiger partial charge in [-0.3, -0.25) is 4.99 Å². The van der Waals surface area contributed by atoms with Gasteiger partial charge in [-0.05, 0) is 56.9 Å².